The lowest BCUT2D eigenvalue weighted by atomic mass is 10.0. The van der Waals surface area contributed by atoms with Crippen LogP contribution in [0.5, 0.6) is 5.75 Å². The molecule has 33 heavy (non-hydrogen) atoms. The summed E-state index contributed by atoms with van der Waals surface area (Å²) >= 11 is 6.18. The van der Waals surface area contributed by atoms with E-state index in [4.69, 9.17) is 16.3 Å². The predicted molar refractivity (Wildman–Crippen MR) is 131 cm³/mol. The number of carbonyl (C=O) groups is 2. The van der Waals surface area contributed by atoms with Gasteiger partial charge in [0.15, 0.2) is 6.61 Å². The number of likely N-dealkylation sites (N-methyl/N-ethyl adjacent to an activating group) is 1. The van der Waals surface area contributed by atoms with Crippen LogP contribution in [-0.2, 0) is 22.6 Å². The molecule has 0 bridgehead atoms. The van der Waals surface area contributed by atoms with E-state index in [9.17, 15) is 9.59 Å². The first-order chi connectivity index (χ1) is 16.0. The van der Waals surface area contributed by atoms with Crippen LogP contribution in [0, 0.1) is 6.92 Å². The maximum absolute atomic E-state index is 13.4. The summed E-state index contributed by atoms with van der Waals surface area (Å²) in [5.41, 5.74) is 2.92. The molecule has 3 aromatic carbocycles. The van der Waals surface area contributed by atoms with E-state index in [1.165, 1.54) is 0 Å². The highest BCUT2D eigenvalue weighted by molar-refractivity contribution is 6.30. The van der Waals surface area contributed by atoms with Gasteiger partial charge in [-0.3, -0.25) is 9.59 Å². The van der Waals surface area contributed by atoms with Crippen molar-refractivity contribution in [3.63, 3.8) is 0 Å². The van der Waals surface area contributed by atoms with Crippen molar-refractivity contribution < 1.29 is 14.3 Å². The Morgan fingerprint density at radius 2 is 1.67 bits per heavy atom. The minimum absolute atomic E-state index is 0.172. The summed E-state index contributed by atoms with van der Waals surface area (Å²) in [6, 6.07) is 23.8. The largest absolute Gasteiger partial charge is 0.484 e. The molecule has 0 fully saturated rings. The van der Waals surface area contributed by atoms with Gasteiger partial charge in [0, 0.05) is 24.5 Å². The summed E-state index contributed by atoms with van der Waals surface area (Å²) in [7, 11) is 0. The van der Waals surface area contributed by atoms with Crippen molar-refractivity contribution in [2.24, 2.45) is 0 Å². The molecule has 1 N–H and O–H groups in total. The molecule has 172 valence electrons. The molecule has 3 aromatic rings. The predicted octanol–water partition coefficient (Wildman–Crippen LogP) is 4.80. The maximum Gasteiger partial charge on any atom is 0.261 e. The zero-order chi connectivity index (χ0) is 23.6. The number of ether oxygens (including phenoxy) is 1. The third kappa shape index (κ3) is 7.36. The van der Waals surface area contributed by atoms with Gasteiger partial charge in [-0.25, -0.2) is 0 Å². The molecule has 0 radical (unpaired) electrons. The zero-order valence-corrected chi connectivity index (χ0v) is 19.7. The number of aryl methyl sites for hydroxylation is 1. The van der Waals surface area contributed by atoms with Crippen LogP contribution in [0.2, 0.25) is 5.02 Å². The van der Waals surface area contributed by atoms with E-state index < -0.39 is 6.04 Å². The summed E-state index contributed by atoms with van der Waals surface area (Å²) in [6.45, 7) is 4.39. The highest BCUT2D eigenvalue weighted by atomic mass is 35.5. The fraction of sp³-hybridized carbons (Fsp3) is 0.259. The number of hydrogen-bond donors (Lipinski definition) is 1. The van der Waals surface area contributed by atoms with Crippen molar-refractivity contribution in [1.29, 1.82) is 0 Å². The molecular formula is C27H29ClN2O3. The van der Waals surface area contributed by atoms with Gasteiger partial charge in [-0.1, -0.05) is 71.8 Å². The van der Waals surface area contributed by atoms with Crippen LogP contribution in [0.1, 0.15) is 23.6 Å². The molecule has 0 aliphatic carbocycles. The van der Waals surface area contributed by atoms with Crippen molar-refractivity contribution >= 4 is 23.4 Å². The first kappa shape index (κ1) is 24.3. The van der Waals surface area contributed by atoms with Gasteiger partial charge in [0.25, 0.3) is 5.91 Å². The SMILES string of the molecule is CCNC(=O)C(Cc1ccccc1)N(Cc1cccc(Cl)c1)C(=O)COc1ccc(C)cc1. The molecule has 0 aliphatic rings. The minimum atomic E-state index is -0.694. The van der Waals surface area contributed by atoms with Gasteiger partial charge in [-0.2, -0.15) is 0 Å². The van der Waals surface area contributed by atoms with Gasteiger partial charge in [0.05, 0.1) is 0 Å². The van der Waals surface area contributed by atoms with E-state index in [1.807, 2.05) is 80.6 Å². The molecule has 1 atom stereocenters. The molecule has 5 nitrogen and oxygen atoms in total. The van der Waals surface area contributed by atoms with Crippen molar-refractivity contribution in [1.82, 2.24) is 10.2 Å². The van der Waals surface area contributed by atoms with E-state index >= 15 is 0 Å². The number of halogens is 1. The Labute approximate surface area is 200 Å². The first-order valence-corrected chi connectivity index (χ1v) is 11.4. The lowest BCUT2D eigenvalue weighted by Crippen LogP contribution is -2.51. The van der Waals surface area contributed by atoms with Gasteiger partial charge in [-0.05, 0) is 49.2 Å². The highest BCUT2D eigenvalue weighted by Crippen LogP contribution is 2.18. The molecule has 1 unspecified atom stereocenters. The number of hydrogen-bond acceptors (Lipinski definition) is 3. The summed E-state index contributed by atoms with van der Waals surface area (Å²) in [5.74, 6) is 0.129. The Balaban J connectivity index is 1.88. The number of benzene rings is 3. The van der Waals surface area contributed by atoms with Gasteiger partial charge >= 0.3 is 0 Å². The highest BCUT2D eigenvalue weighted by Gasteiger charge is 2.30. The summed E-state index contributed by atoms with van der Waals surface area (Å²) in [6.07, 6.45) is 0.392. The number of amides is 2. The molecule has 0 aromatic heterocycles. The van der Waals surface area contributed by atoms with Gasteiger partial charge in [0.2, 0.25) is 5.91 Å². The topological polar surface area (TPSA) is 58.6 Å². The van der Waals surface area contributed by atoms with Crippen molar-refractivity contribution in [3.05, 3.63) is 101 Å². The third-order valence-electron chi connectivity index (χ3n) is 5.25. The lowest BCUT2D eigenvalue weighted by Gasteiger charge is -2.31. The summed E-state index contributed by atoms with van der Waals surface area (Å²) in [5, 5.41) is 3.46. The van der Waals surface area contributed by atoms with Gasteiger partial charge < -0.3 is 15.0 Å². The second-order valence-corrected chi connectivity index (χ2v) is 8.29. The van der Waals surface area contributed by atoms with Crippen LogP contribution in [0.4, 0.5) is 0 Å². The minimum Gasteiger partial charge on any atom is -0.484 e. The summed E-state index contributed by atoms with van der Waals surface area (Å²) in [4.78, 5) is 28.1. The average Bonchev–Trinajstić information content (AvgIpc) is 2.81. The Morgan fingerprint density at radius 1 is 0.970 bits per heavy atom. The molecule has 0 saturated heterocycles. The second kappa shape index (κ2) is 12.1. The van der Waals surface area contributed by atoms with E-state index in [2.05, 4.69) is 5.32 Å². The van der Waals surface area contributed by atoms with E-state index in [0.29, 0.717) is 23.7 Å². The molecule has 0 heterocycles. The standard InChI is InChI=1S/C27H29ClN2O3/c1-3-29-27(32)25(17-21-8-5-4-6-9-21)30(18-22-10-7-11-23(28)16-22)26(31)19-33-24-14-12-20(2)13-15-24/h4-16,25H,3,17-19H2,1-2H3,(H,29,32). The van der Waals surface area contributed by atoms with Gasteiger partial charge in [-0.15, -0.1) is 0 Å². The van der Waals surface area contributed by atoms with Crippen LogP contribution in [0.25, 0.3) is 0 Å². The van der Waals surface area contributed by atoms with Crippen molar-refractivity contribution in [2.45, 2.75) is 32.9 Å². The molecular weight excluding hydrogens is 436 g/mol. The molecule has 3 rings (SSSR count). The van der Waals surface area contributed by atoms with Crippen LogP contribution in [-0.4, -0.2) is 35.9 Å². The fourth-order valence-corrected chi connectivity index (χ4v) is 3.75. The molecule has 0 saturated carbocycles. The number of nitrogens with one attached hydrogen (secondary N) is 1. The monoisotopic (exact) mass is 464 g/mol. The quantitative estimate of drug-likeness (QED) is 0.468. The smallest absolute Gasteiger partial charge is 0.261 e. The summed E-state index contributed by atoms with van der Waals surface area (Å²) < 4.78 is 5.76. The molecule has 2 amide bonds. The lowest BCUT2D eigenvalue weighted by molar-refractivity contribution is -0.142. The average molecular weight is 465 g/mol. The van der Waals surface area contributed by atoms with Gasteiger partial charge in [0.1, 0.15) is 11.8 Å². The number of rotatable bonds is 10. The second-order valence-electron chi connectivity index (χ2n) is 7.85. The normalized spacial score (nSPS) is 11.5. The number of nitrogens with zero attached hydrogens (tertiary/aromatic N) is 1. The zero-order valence-electron chi connectivity index (χ0n) is 19.0. The Bertz CT molecular complexity index is 1050. The Morgan fingerprint density at radius 3 is 2.33 bits per heavy atom. The Hall–Kier alpha value is -3.31. The van der Waals surface area contributed by atoms with Crippen molar-refractivity contribution in [3.8, 4) is 5.75 Å². The Kier molecular flexibility index (Phi) is 8.90. The van der Waals surface area contributed by atoms with E-state index in [1.54, 1.807) is 17.0 Å². The molecule has 0 aliphatic heterocycles. The molecule has 6 heteroatoms. The van der Waals surface area contributed by atoms with Crippen LogP contribution >= 0.6 is 11.6 Å². The maximum atomic E-state index is 13.4. The third-order valence-corrected chi connectivity index (χ3v) is 5.48. The first-order valence-electron chi connectivity index (χ1n) is 11.0. The number of carbonyl (C=O) groups excluding carboxylic acids is 2. The van der Waals surface area contributed by atoms with Crippen LogP contribution in [0.3, 0.4) is 0 Å². The van der Waals surface area contributed by atoms with E-state index in [0.717, 1.165) is 16.7 Å². The van der Waals surface area contributed by atoms with Crippen molar-refractivity contribution in [2.75, 3.05) is 13.2 Å². The fourth-order valence-electron chi connectivity index (χ4n) is 3.54. The van der Waals surface area contributed by atoms with Crippen LogP contribution < -0.4 is 10.1 Å². The van der Waals surface area contributed by atoms with E-state index in [-0.39, 0.29) is 25.0 Å². The van der Waals surface area contributed by atoms with Crippen LogP contribution in [0.15, 0.2) is 78.9 Å². The molecule has 0 spiro atoms.